The highest BCUT2D eigenvalue weighted by molar-refractivity contribution is 5.08. The van der Waals surface area contributed by atoms with Crippen molar-refractivity contribution < 1.29 is 0 Å². The van der Waals surface area contributed by atoms with Crippen molar-refractivity contribution >= 4 is 0 Å². The molecule has 0 heterocycles. The van der Waals surface area contributed by atoms with Gasteiger partial charge in [0, 0.05) is 0 Å². The highest BCUT2D eigenvalue weighted by atomic mass is 14.6. The third kappa shape index (κ3) is 10.1. The predicted octanol–water partition coefficient (Wildman–Crippen LogP) is 20.9. The van der Waals surface area contributed by atoms with Gasteiger partial charge in [0.1, 0.15) is 0 Å². The van der Waals surface area contributed by atoms with Crippen molar-refractivity contribution in [2.75, 3.05) is 0 Å². The van der Waals surface area contributed by atoms with E-state index in [-0.39, 0.29) is 0 Å². The molecule has 0 amide bonds. The summed E-state index contributed by atoms with van der Waals surface area (Å²) >= 11 is 0. The third-order valence-electron chi connectivity index (χ3n) is 28.3. The first-order chi connectivity index (χ1) is 34.7. The van der Waals surface area contributed by atoms with E-state index < -0.39 is 0 Å². The fourth-order valence-electron chi connectivity index (χ4n) is 26.1. The first-order valence-corrected chi connectivity index (χ1v) is 34.7. The second kappa shape index (κ2) is 22.9. The Balaban J connectivity index is 0.736. The van der Waals surface area contributed by atoms with Crippen molar-refractivity contribution in [1.82, 2.24) is 0 Å². The molecule has 0 radical (unpaired) electrons. The summed E-state index contributed by atoms with van der Waals surface area (Å²) in [7, 11) is 0. The van der Waals surface area contributed by atoms with E-state index >= 15 is 0 Å². The van der Waals surface area contributed by atoms with Gasteiger partial charge in [-0.1, -0.05) is 180 Å². The lowest BCUT2D eigenvalue weighted by molar-refractivity contribution is -0.135. The van der Waals surface area contributed by atoms with E-state index in [1.165, 1.54) is 0 Å². The Labute approximate surface area is 435 Å². The fourth-order valence-corrected chi connectivity index (χ4v) is 26.1. The molecule has 0 aliphatic heterocycles. The molecule has 13 aliphatic rings. The zero-order valence-electron chi connectivity index (χ0n) is 46.4. The smallest absolute Gasteiger partial charge is 0.0323 e. The number of hydrogen-bond donors (Lipinski definition) is 0. The lowest BCUT2D eigenvalue weighted by atomic mass is 9.43. The van der Waals surface area contributed by atoms with E-state index in [0.29, 0.717) is 0 Å². The molecule has 396 valence electrons. The van der Waals surface area contributed by atoms with Crippen LogP contribution in [-0.2, 0) is 0 Å². The Bertz CT molecular complexity index is 1370. The summed E-state index contributed by atoms with van der Waals surface area (Å²) in [4.78, 5) is 0. The topological polar surface area (TPSA) is 0 Å². The molecule has 0 spiro atoms. The lowest BCUT2D eigenvalue weighted by Gasteiger charge is -2.62. The largest absolute Gasteiger partial charge is 0.0533 e. The average molecular weight is 958 g/mol. The summed E-state index contributed by atoms with van der Waals surface area (Å²) in [6.07, 6.45) is 74.3. The van der Waals surface area contributed by atoms with Crippen LogP contribution in [0, 0.1) is 142 Å². The van der Waals surface area contributed by atoms with E-state index in [4.69, 9.17) is 0 Å². The van der Waals surface area contributed by atoms with Crippen molar-refractivity contribution in [2.45, 2.75) is 295 Å². The van der Waals surface area contributed by atoms with Crippen LogP contribution in [0.3, 0.4) is 0 Å². The van der Waals surface area contributed by atoms with Crippen LogP contribution in [0.5, 0.6) is 0 Å². The maximum Gasteiger partial charge on any atom is -0.0323 e. The van der Waals surface area contributed by atoms with Crippen molar-refractivity contribution in [3.63, 3.8) is 0 Å². The molecule has 12 unspecified atom stereocenters. The minimum absolute atomic E-state index is 1.10. The summed E-state index contributed by atoms with van der Waals surface area (Å²) < 4.78 is 0. The molecule has 13 rings (SSSR count). The first kappa shape index (κ1) is 49.6. The normalized spacial score (nSPS) is 49.7. The van der Waals surface area contributed by atoms with Gasteiger partial charge >= 0.3 is 0 Å². The highest BCUT2D eigenvalue weighted by Crippen LogP contribution is 2.67. The van der Waals surface area contributed by atoms with E-state index in [2.05, 4.69) is 0 Å². The molecular weight excluding hydrogens is 841 g/mol. The van der Waals surface area contributed by atoms with E-state index in [9.17, 15) is 0 Å². The molecule has 0 saturated heterocycles. The molecule has 70 heavy (non-hydrogen) atoms. The van der Waals surface area contributed by atoms with Crippen LogP contribution in [0.15, 0.2) is 0 Å². The standard InChI is InChI=1S/C70H116/c1-5-21-47(22-6-1)53-41-54(48-23-7-2-8-24-48)44-57(43-53)69-63-33-17-13-29-59(63)67(60-30-14-18-34-64(60)69)51-37-39-52(40-38-51)68-61-31-15-19-35-65(61)70(66-36-20-16-32-62(66)68)58-45-55(49-25-9-3-10-26-49)42-56(46-58)50-27-11-4-12-28-50/h47-70H,1-46H2. The van der Waals surface area contributed by atoms with Crippen LogP contribution in [0.2, 0.25) is 0 Å². The fraction of sp³-hybridized carbons (Fsp3) is 1.00. The van der Waals surface area contributed by atoms with Crippen molar-refractivity contribution in [1.29, 1.82) is 0 Å². The van der Waals surface area contributed by atoms with Gasteiger partial charge in [0.25, 0.3) is 0 Å². The van der Waals surface area contributed by atoms with Crippen LogP contribution in [0.1, 0.15) is 295 Å². The minimum Gasteiger partial charge on any atom is -0.0533 e. The summed E-state index contributed by atoms with van der Waals surface area (Å²) in [5.41, 5.74) is 0. The number of rotatable bonds is 8. The molecule has 0 heteroatoms. The molecule has 13 fully saturated rings. The van der Waals surface area contributed by atoms with Crippen molar-refractivity contribution in [3.05, 3.63) is 0 Å². The number of hydrogen-bond acceptors (Lipinski definition) is 0. The van der Waals surface area contributed by atoms with Crippen LogP contribution in [0.4, 0.5) is 0 Å². The van der Waals surface area contributed by atoms with Gasteiger partial charge in [-0.25, -0.2) is 0 Å². The van der Waals surface area contributed by atoms with Crippen molar-refractivity contribution in [2.24, 2.45) is 142 Å². The molecule has 0 N–H and O–H groups in total. The van der Waals surface area contributed by atoms with Gasteiger partial charge in [0.15, 0.2) is 0 Å². The van der Waals surface area contributed by atoms with Gasteiger partial charge in [-0.15, -0.1) is 0 Å². The molecule has 0 aromatic carbocycles. The molecule has 13 saturated carbocycles. The first-order valence-electron chi connectivity index (χ1n) is 34.7. The molecule has 13 aliphatic carbocycles. The average Bonchev–Trinajstić information content (AvgIpc) is 3.44. The molecule has 0 nitrogen and oxygen atoms in total. The summed E-state index contributed by atoms with van der Waals surface area (Å²) in [5.74, 6) is 26.7. The van der Waals surface area contributed by atoms with E-state index in [1.54, 1.807) is 295 Å². The van der Waals surface area contributed by atoms with Gasteiger partial charge in [-0.3, -0.25) is 0 Å². The van der Waals surface area contributed by atoms with Crippen LogP contribution < -0.4 is 0 Å². The maximum absolute atomic E-state index is 1.69. The van der Waals surface area contributed by atoms with Gasteiger partial charge in [-0.2, -0.15) is 0 Å². The van der Waals surface area contributed by atoms with Gasteiger partial charge in [0.2, 0.25) is 0 Å². The Morgan fingerprint density at radius 2 is 0.286 bits per heavy atom. The third-order valence-corrected chi connectivity index (χ3v) is 28.3. The predicted molar refractivity (Wildman–Crippen MR) is 296 cm³/mol. The van der Waals surface area contributed by atoms with Gasteiger partial charge in [-0.05, 0) is 258 Å². The lowest BCUT2D eigenvalue weighted by Crippen LogP contribution is -2.55. The summed E-state index contributed by atoms with van der Waals surface area (Å²) in [6, 6.07) is 0. The second-order valence-electron chi connectivity index (χ2n) is 31.0. The van der Waals surface area contributed by atoms with E-state index in [0.717, 1.165) is 142 Å². The van der Waals surface area contributed by atoms with Gasteiger partial charge < -0.3 is 0 Å². The quantitative estimate of drug-likeness (QED) is 0.227. The number of fused-ring (bicyclic) bond motifs is 4. The Morgan fingerprint density at radius 3 is 0.500 bits per heavy atom. The van der Waals surface area contributed by atoms with Crippen LogP contribution in [-0.4, -0.2) is 0 Å². The SMILES string of the molecule is C1CCC(C2CC(C3CCCCC3)CC(C3C4CCCCC4C(C4CCC(C5C6CCCCC6C(C6CC(C7CCCCC7)CC(C7CCCCC7)C6)C6CCCCC65)CC4)C4CCCCC43)C2)CC1. The molecule has 12 atom stereocenters. The van der Waals surface area contributed by atoms with Crippen LogP contribution in [0.25, 0.3) is 0 Å². The summed E-state index contributed by atoms with van der Waals surface area (Å²) in [6.45, 7) is 0. The Morgan fingerprint density at radius 1 is 0.114 bits per heavy atom. The molecule has 0 aromatic heterocycles. The van der Waals surface area contributed by atoms with E-state index in [1.807, 2.05) is 0 Å². The second-order valence-corrected chi connectivity index (χ2v) is 31.0. The molecule has 0 aromatic rings. The van der Waals surface area contributed by atoms with Crippen molar-refractivity contribution in [3.8, 4) is 0 Å². The Hall–Kier alpha value is 0. The Kier molecular flexibility index (Phi) is 16.2. The van der Waals surface area contributed by atoms with Crippen LogP contribution >= 0.6 is 0 Å². The monoisotopic (exact) mass is 957 g/mol. The van der Waals surface area contributed by atoms with Gasteiger partial charge in [0.05, 0.1) is 0 Å². The maximum atomic E-state index is 1.69. The zero-order valence-corrected chi connectivity index (χ0v) is 46.4. The highest BCUT2D eigenvalue weighted by Gasteiger charge is 2.59. The summed E-state index contributed by atoms with van der Waals surface area (Å²) in [5, 5.41) is 0. The minimum atomic E-state index is 1.10. The zero-order chi connectivity index (χ0) is 46.4. The molecule has 0 bridgehead atoms. The molecular formula is C70H116.